The van der Waals surface area contributed by atoms with E-state index in [0.29, 0.717) is 17.7 Å². The minimum atomic E-state index is -0.473. The van der Waals surface area contributed by atoms with Crippen molar-refractivity contribution in [2.75, 3.05) is 0 Å². The summed E-state index contributed by atoms with van der Waals surface area (Å²) in [6.45, 7) is 2.52. The molecule has 0 spiro atoms. The summed E-state index contributed by atoms with van der Waals surface area (Å²) in [7, 11) is 0. The van der Waals surface area contributed by atoms with Crippen LogP contribution in [0.15, 0.2) is 72.8 Å². The monoisotopic (exact) mass is 370 g/mol. The van der Waals surface area contributed by atoms with Crippen molar-refractivity contribution >= 4 is 17.3 Å². The van der Waals surface area contributed by atoms with Crippen LogP contribution in [0.25, 0.3) is 11.6 Å². The number of nitro groups is 1. The van der Waals surface area contributed by atoms with Gasteiger partial charge in [0.2, 0.25) is 0 Å². The topological polar surface area (TPSA) is 76.2 Å². The van der Waals surface area contributed by atoms with Crippen molar-refractivity contribution in [1.82, 2.24) is 0 Å². The van der Waals surface area contributed by atoms with Crippen molar-refractivity contribution in [2.24, 2.45) is 0 Å². The largest absolute Gasteiger partial charge is 0.489 e. The second-order valence-corrected chi connectivity index (χ2v) is 6.32. The second-order valence-electron chi connectivity index (χ2n) is 6.32. The summed E-state index contributed by atoms with van der Waals surface area (Å²) in [4.78, 5) is 10.5. The molecule has 0 saturated heterocycles. The molecular weight excluding hydrogens is 352 g/mol. The molecule has 0 N–H and O–H groups in total. The normalized spacial score (nSPS) is 10.9. The number of allylic oxidation sites excluding steroid dienone is 1. The lowest BCUT2D eigenvalue weighted by Gasteiger charge is -2.07. The van der Waals surface area contributed by atoms with E-state index in [1.54, 1.807) is 18.2 Å². The average Bonchev–Trinajstić information content (AvgIpc) is 2.71. The van der Waals surface area contributed by atoms with E-state index in [1.807, 2.05) is 49.4 Å². The van der Waals surface area contributed by atoms with E-state index in [0.717, 1.165) is 16.9 Å². The van der Waals surface area contributed by atoms with Crippen molar-refractivity contribution in [2.45, 2.75) is 13.5 Å². The van der Waals surface area contributed by atoms with Crippen LogP contribution >= 0.6 is 0 Å². The highest BCUT2D eigenvalue weighted by molar-refractivity contribution is 5.90. The van der Waals surface area contributed by atoms with E-state index in [9.17, 15) is 15.4 Å². The quantitative estimate of drug-likeness (QED) is 0.247. The Bertz CT molecular complexity index is 1060. The van der Waals surface area contributed by atoms with Crippen LogP contribution in [-0.4, -0.2) is 4.92 Å². The summed E-state index contributed by atoms with van der Waals surface area (Å²) in [5, 5.41) is 20.4. The Balaban J connectivity index is 1.74. The van der Waals surface area contributed by atoms with Crippen LogP contribution in [0, 0.1) is 28.4 Å². The maximum absolute atomic E-state index is 10.9. The summed E-state index contributed by atoms with van der Waals surface area (Å²) >= 11 is 0. The molecule has 0 fully saturated rings. The lowest BCUT2D eigenvalue weighted by molar-refractivity contribution is -0.384. The standard InChI is InChI=1S/C23H18N2O3/c1-17-4-2-5-19(12-17)16-28-23-10-8-18(9-11-23)13-21(15-24)20-6-3-7-22(14-20)25(26)27/h2-14H,16H2,1H3/b21-13-. The number of aryl methyl sites for hydroxylation is 1. The highest BCUT2D eigenvalue weighted by Gasteiger charge is 2.09. The van der Waals surface area contributed by atoms with Gasteiger partial charge in [0.15, 0.2) is 0 Å². The van der Waals surface area contributed by atoms with Crippen LogP contribution in [0.4, 0.5) is 5.69 Å². The van der Waals surface area contributed by atoms with Crippen LogP contribution in [0.3, 0.4) is 0 Å². The third-order valence-electron chi connectivity index (χ3n) is 4.17. The van der Waals surface area contributed by atoms with Crippen LogP contribution in [0.1, 0.15) is 22.3 Å². The second kappa shape index (κ2) is 8.65. The molecule has 3 aromatic carbocycles. The molecule has 0 aliphatic heterocycles. The highest BCUT2D eigenvalue weighted by atomic mass is 16.6. The lowest BCUT2D eigenvalue weighted by Crippen LogP contribution is -1.95. The molecule has 0 aliphatic carbocycles. The number of benzene rings is 3. The number of rotatable bonds is 6. The van der Waals surface area contributed by atoms with Gasteiger partial charge in [-0.2, -0.15) is 5.26 Å². The lowest BCUT2D eigenvalue weighted by atomic mass is 10.0. The first-order valence-electron chi connectivity index (χ1n) is 8.70. The molecule has 0 aliphatic rings. The zero-order valence-corrected chi connectivity index (χ0v) is 15.3. The van der Waals surface area contributed by atoms with Crippen molar-refractivity contribution < 1.29 is 9.66 Å². The molecule has 5 nitrogen and oxygen atoms in total. The Kier molecular flexibility index (Phi) is 5.83. The van der Waals surface area contributed by atoms with E-state index >= 15 is 0 Å². The minimum absolute atomic E-state index is 0.0430. The molecule has 0 saturated carbocycles. The molecule has 0 aromatic heterocycles. The average molecular weight is 370 g/mol. The van der Waals surface area contributed by atoms with E-state index < -0.39 is 4.92 Å². The molecule has 28 heavy (non-hydrogen) atoms. The first-order valence-corrected chi connectivity index (χ1v) is 8.70. The van der Waals surface area contributed by atoms with Crippen molar-refractivity contribution in [3.63, 3.8) is 0 Å². The fraction of sp³-hybridized carbons (Fsp3) is 0.0870. The Labute approximate surface area is 163 Å². The first kappa shape index (κ1) is 18.9. The summed E-state index contributed by atoms with van der Waals surface area (Å²) < 4.78 is 5.80. The molecule has 0 amide bonds. The summed E-state index contributed by atoms with van der Waals surface area (Å²) in [6, 6.07) is 23.7. The molecule has 3 aromatic rings. The van der Waals surface area contributed by atoms with Gasteiger partial charge in [-0.25, -0.2) is 0 Å². The van der Waals surface area contributed by atoms with Crippen molar-refractivity contribution in [3.8, 4) is 11.8 Å². The van der Waals surface area contributed by atoms with Gasteiger partial charge in [-0.05, 0) is 41.8 Å². The fourth-order valence-corrected chi connectivity index (χ4v) is 2.76. The molecule has 0 bridgehead atoms. The van der Waals surface area contributed by atoms with Crippen molar-refractivity contribution in [3.05, 3.63) is 105 Å². The first-order chi connectivity index (χ1) is 13.5. The van der Waals surface area contributed by atoms with Crippen LogP contribution in [0.5, 0.6) is 5.75 Å². The molecule has 5 heteroatoms. The van der Waals surface area contributed by atoms with Gasteiger partial charge >= 0.3 is 0 Å². The third kappa shape index (κ3) is 4.83. The van der Waals surface area contributed by atoms with E-state index in [4.69, 9.17) is 4.74 Å². The number of nitrogens with zero attached hydrogens (tertiary/aromatic N) is 2. The highest BCUT2D eigenvalue weighted by Crippen LogP contribution is 2.23. The van der Waals surface area contributed by atoms with Gasteiger partial charge in [-0.15, -0.1) is 0 Å². The molecule has 0 heterocycles. The maximum Gasteiger partial charge on any atom is 0.270 e. The van der Waals surface area contributed by atoms with Gasteiger partial charge in [-0.1, -0.05) is 54.1 Å². The van der Waals surface area contributed by atoms with Crippen LogP contribution in [0.2, 0.25) is 0 Å². The predicted octanol–water partition coefficient (Wildman–Crippen LogP) is 5.55. The smallest absolute Gasteiger partial charge is 0.270 e. The Hall–Kier alpha value is -3.91. The fourth-order valence-electron chi connectivity index (χ4n) is 2.76. The molecule has 138 valence electrons. The van der Waals surface area contributed by atoms with Gasteiger partial charge < -0.3 is 4.74 Å². The number of nitriles is 1. The molecule has 0 unspecified atom stereocenters. The summed E-state index contributed by atoms with van der Waals surface area (Å²) in [5.74, 6) is 0.729. The molecule has 0 radical (unpaired) electrons. The van der Waals surface area contributed by atoms with Crippen molar-refractivity contribution in [1.29, 1.82) is 5.26 Å². The predicted molar refractivity (Wildman–Crippen MR) is 109 cm³/mol. The Morgan fingerprint density at radius 1 is 1.11 bits per heavy atom. The summed E-state index contributed by atoms with van der Waals surface area (Å²) in [5.41, 5.74) is 3.92. The third-order valence-corrected chi connectivity index (χ3v) is 4.17. The zero-order valence-electron chi connectivity index (χ0n) is 15.3. The Morgan fingerprint density at radius 2 is 1.86 bits per heavy atom. The summed E-state index contributed by atoms with van der Waals surface area (Å²) in [6.07, 6.45) is 1.70. The van der Waals surface area contributed by atoms with E-state index in [-0.39, 0.29) is 5.69 Å². The van der Waals surface area contributed by atoms with E-state index in [2.05, 4.69) is 12.1 Å². The number of nitro benzene ring substituents is 1. The zero-order chi connectivity index (χ0) is 19.9. The number of hydrogen-bond donors (Lipinski definition) is 0. The number of non-ortho nitro benzene ring substituents is 1. The SMILES string of the molecule is Cc1cccc(COc2ccc(/C=C(/C#N)c3cccc([N+](=O)[O-])c3)cc2)c1. The Morgan fingerprint density at radius 3 is 2.54 bits per heavy atom. The molecule has 0 atom stereocenters. The number of hydrogen-bond acceptors (Lipinski definition) is 4. The van der Waals surface area contributed by atoms with Crippen LogP contribution < -0.4 is 4.74 Å². The molecular formula is C23H18N2O3. The van der Waals surface area contributed by atoms with Gasteiger partial charge in [0.05, 0.1) is 16.6 Å². The van der Waals surface area contributed by atoms with Crippen LogP contribution in [-0.2, 0) is 6.61 Å². The number of ether oxygens (including phenoxy) is 1. The van der Waals surface area contributed by atoms with Gasteiger partial charge in [0, 0.05) is 12.1 Å². The van der Waals surface area contributed by atoms with E-state index in [1.165, 1.54) is 17.7 Å². The van der Waals surface area contributed by atoms with Gasteiger partial charge in [0.1, 0.15) is 12.4 Å². The maximum atomic E-state index is 10.9. The molecule has 3 rings (SSSR count). The minimum Gasteiger partial charge on any atom is -0.489 e. The van der Waals surface area contributed by atoms with Gasteiger partial charge in [-0.3, -0.25) is 10.1 Å². The van der Waals surface area contributed by atoms with Gasteiger partial charge in [0.25, 0.3) is 5.69 Å².